The van der Waals surface area contributed by atoms with Crippen molar-refractivity contribution in [1.29, 1.82) is 0 Å². The molecule has 0 aromatic heterocycles. The van der Waals surface area contributed by atoms with E-state index in [1.165, 1.54) is 51.4 Å². The highest BCUT2D eigenvalue weighted by Gasteiger charge is 2.35. The van der Waals surface area contributed by atoms with Crippen LogP contribution in [0.2, 0.25) is 0 Å². The van der Waals surface area contributed by atoms with Crippen molar-refractivity contribution in [1.82, 2.24) is 0 Å². The quantitative estimate of drug-likeness (QED) is 0.417. The second-order valence-corrected chi connectivity index (χ2v) is 4.78. The lowest BCUT2D eigenvalue weighted by Crippen LogP contribution is -1.91. The summed E-state index contributed by atoms with van der Waals surface area (Å²) in [6.07, 6.45) is 11.6. The van der Waals surface area contributed by atoms with Crippen molar-refractivity contribution in [2.24, 2.45) is 0 Å². The molecular weight excluding hydrogens is 232 g/mol. The molecule has 2 atom stereocenters. The number of aliphatic hydroxyl groups is 3. The molecule has 0 amide bonds. The van der Waals surface area contributed by atoms with Crippen LogP contribution in [-0.2, 0) is 4.74 Å². The van der Waals surface area contributed by atoms with Crippen molar-refractivity contribution in [2.75, 3.05) is 13.2 Å². The van der Waals surface area contributed by atoms with Gasteiger partial charge in [0.1, 0.15) is 6.10 Å². The molecule has 2 unspecified atom stereocenters. The molecule has 1 rings (SSSR count). The number of hydrogen-bond acceptors (Lipinski definition) is 4. The Bertz CT molecular complexity index is 162. The maximum Gasteiger partial charge on any atom is 0.181 e. The minimum absolute atomic E-state index is 0.125. The number of aliphatic hydroxyl groups excluding tert-OH is 3. The fourth-order valence-corrected chi connectivity index (χ4v) is 1.82. The van der Waals surface area contributed by atoms with Gasteiger partial charge in [0.2, 0.25) is 0 Å². The molecule has 1 aliphatic rings. The standard InChI is InChI=1S/C12H24O2.C2H6O2/c1-2-3-4-5-6-7-8-9-10-11-12(13)14-11;3-1-2-4/h11-13H,2-10H2,1H3;3-4H,1-2H2. The third kappa shape index (κ3) is 12.3. The Morgan fingerprint density at radius 3 is 1.67 bits per heavy atom. The smallest absolute Gasteiger partial charge is 0.181 e. The normalized spacial score (nSPS) is 21.3. The van der Waals surface area contributed by atoms with Gasteiger partial charge >= 0.3 is 0 Å². The average Bonchev–Trinajstić information content (AvgIpc) is 3.09. The number of ether oxygens (including phenoxy) is 1. The Balaban J connectivity index is 0.000000631. The van der Waals surface area contributed by atoms with Gasteiger partial charge in [0.05, 0.1) is 13.2 Å². The summed E-state index contributed by atoms with van der Waals surface area (Å²) in [7, 11) is 0. The maximum atomic E-state index is 8.90. The summed E-state index contributed by atoms with van der Waals surface area (Å²) < 4.78 is 4.93. The predicted molar refractivity (Wildman–Crippen MR) is 72.3 cm³/mol. The first-order chi connectivity index (χ1) is 8.76. The van der Waals surface area contributed by atoms with E-state index in [1.807, 2.05) is 0 Å². The van der Waals surface area contributed by atoms with Crippen molar-refractivity contribution in [2.45, 2.75) is 77.1 Å². The van der Waals surface area contributed by atoms with E-state index in [2.05, 4.69) is 6.92 Å². The molecule has 0 aromatic rings. The van der Waals surface area contributed by atoms with Gasteiger partial charge in [-0.3, -0.25) is 0 Å². The summed E-state index contributed by atoms with van der Waals surface area (Å²) >= 11 is 0. The Hall–Kier alpha value is -0.160. The van der Waals surface area contributed by atoms with E-state index in [9.17, 15) is 0 Å². The van der Waals surface area contributed by atoms with Crippen LogP contribution in [-0.4, -0.2) is 40.9 Å². The molecule has 0 aromatic carbocycles. The van der Waals surface area contributed by atoms with Gasteiger partial charge < -0.3 is 20.1 Å². The van der Waals surface area contributed by atoms with Crippen LogP contribution in [0.3, 0.4) is 0 Å². The van der Waals surface area contributed by atoms with Gasteiger partial charge in [0, 0.05) is 0 Å². The molecule has 0 radical (unpaired) electrons. The average molecular weight is 262 g/mol. The van der Waals surface area contributed by atoms with E-state index in [1.54, 1.807) is 0 Å². The highest BCUT2D eigenvalue weighted by molar-refractivity contribution is 4.74. The van der Waals surface area contributed by atoms with Crippen LogP contribution in [0.1, 0.15) is 64.7 Å². The molecule has 4 heteroatoms. The van der Waals surface area contributed by atoms with E-state index in [-0.39, 0.29) is 19.3 Å². The summed E-state index contributed by atoms with van der Waals surface area (Å²) in [5.41, 5.74) is 0. The zero-order valence-corrected chi connectivity index (χ0v) is 11.7. The van der Waals surface area contributed by atoms with Crippen molar-refractivity contribution in [3.63, 3.8) is 0 Å². The Labute approximate surface area is 111 Å². The lowest BCUT2D eigenvalue weighted by atomic mass is 10.1. The molecule has 3 N–H and O–H groups in total. The number of epoxide rings is 1. The number of hydrogen-bond donors (Lipinski definition) is 3. The molecule has 4 nitrogen and oxygen atoms in total. The van der Waals surface area contributed by atoms with Gasteiger partial charge in [-0.1, -0.05) is 58.3 Å². The number of rotatable bonds is 10. The van der Waals surface area contributed by atoms with Crippen molar-refractivity contribution < 1.29 is 20.1 Å². The van der Waals surface area contributed by atoms with E-state index >= 15 is 0 Å². The minimum atomic E-state index is -0.431. The molecule has 1 saturated heterocycles. The highest BCUT2D eigenvalue weighted by atomic mass is 16.7. The van der Waals surface area contributed by atoms with E-state index in [4.69, 9.17) is 20.1 Å². The lowest BCUT2D eigenvalue weighted by Gasteiger charge is -2.00. The predicted octanol–water partition coefficient (Wildman–Crippen LogP) is 2.21. The van der Waals surface area contributed by atoms with E-state index < -0.39 is 6.29 Å². The Morgan fingerprint density at radius 1 is 0.833 bits per heavy atom. The second kappa shape index (κ2) is 13.3. The van der Waals surface area contributed by atoms with Crippen molar-refractivity contribution in [3.05, 3.63) is 0 Å². The van der Waals surface area contributed by atoms with Crippen molar-refractivity contribution >= 4 is 0 Å². The van der Waals surface area contributed by atoms with Gasteiger partial charge in [0.25, 0.3) is 0 Å². The van der Waals surface area contributed by atoms with Crippen LogP contribution in [0.4, 0.5) is 0 Å². The molecule has 1 aliphatic heterocycles. The van der Waals surface area contributed by atoms with Crippen molar-refractivity contribution in [3.8, 4) is 0 Å². The molecule has 0 aliphatic carbocycles. The summed E-state index contributed by atoms with van der Waals surface area (Å²) in [4.78, 5) is 0. The van der Waals surface area contributed by atoms with Gasteiger partial charge in [-0.05, 0) is 6.42 Å². The van der Waals surface area contributed by atoms with Crippen LogP contribution < -0.4 is 0 Å². The van der Waals surface area contributed by atoms with E-state index in [0.717, 1.165) is 6.42 Å². The monoisotopic (exact) mass is 262 g/mol. The van der Waals surface area contributed by atoms with E-state index in [0.29, 0.717) is 0 Å². The highest BCUT2D eigenvalue weighted by Crippen LogP contribution is 2.24. The maximum absolute atomic E-state index is 8.90. The first kappa shape index (κ1) is 17.8. The van der Waals surface area contributed by atoms with Crippen LogP contribution >= 0.6 is 0 Å². The molecule has 1 heterocycles. The first-order valence-corrected chi connectivity index (χ1v) is 7.31. The Morgan fingerprint density at radius 2 is 1.28 bits per heavy atom. The summed E-state index contributed by atoms with van der Waals surface area (Å²) in [5.74, 6) is 0. The lowest BCUT2D eigenvalue weighted by molar-refractivity contribution is 0.156. The summed E-state index contributed by atoms with van der Waals surface area (Å²) in [6.45, 7) is 2.00. The molecular formula is C14H30O4. The topological polar surface area (TPSA) is 73.2 Å². The first-order valence-electron chi connectivity index (χ1n) is 7.31. The van der Waals surface area contributed by atoms with Crippen LogP contribution in [0.25, 0.3) is 0 Å². The fourth-order valence-electron chi connectivity index (χ4n) is 1.82. The second-order valence-electron chi connectivity index (χ2n) is 4.78. The molecule has 110 valence electrons. The largest absolute Gasteiger partial charge is 0.394 e. The summed E-state index contributed by atoms with van der Waals surface area (Å²) in [6, 6.07) is 0. The molecule has 0 bridgehead atoms. The molecule has 18 heavy (non-hydrogen) atoms. The zero-order chi connectivity index (χ0) is 13.6. The molecule has 1 fully saturated rings. The van der Waals surface area contributed by atoms with Gasteiger partial charge in [-0.2, -0.15) is 0 Å². The third-order valence-corrected chi connectivity index (χ3v) is 3.00. The zero-order valence-electron chi connectivity index (χ0n) is 11.7. The van der Waals surface area contributed by atoms with Crippen LogP contribution in [0.5, 0.6) is 0 Å². The number of unbranched alkanes of at least 4 members (excludes halogenated alkanes) is 7. The van der Waals surface area contributed by atoms with Crippen LogP contribution in [0, 0.1) is 0 Å². The minimum Gasteiger partial charge on any atom is -0.394 e. The molecule has 0 saturated carbocycles. The molecule has 0 spiro atoms. The van der Waals surface area contributed by atoms with Gasteiger partial charge in [-0.25, -0.2) is 0 Å². The van der Waals surface area contributed by atoms with Gasteiger partial charge in [-0.15, -0.1) is 0 Å². The Kier molecular flexibility index (Phi) is 13.2. The summed E-state index contributed by atoms with van der Waals surface area (Å²) in [5, 5.41) is 24.2. The third-order valence-electron chi connectivity index (χ3n) is 3.00. The fraction of sp³-hybridized carbons (Fsp3) is 1.00. The van der Waals surface area contributed by atoms with Crippen LogP contribution in [0.15, 0.2) is 0 Å². The SMILES string of the molecule is CCCCCCCCCCC1OC1O.OCCO. The van der Waals surface area contributed by atoms with Gasteiger partial charge in [0.15, 0.2) is 6.29 Å².